The predicted octanol–water partition coefficient (Wildman–Crippen LogP) is 4.93. The molecule has 0 fully saturated rings. The molecule has 0 spiro atoms. The van der Waals surface area contributed by atoms with E-state index in [4.69, 9.17) is 4.74 Å². The van der Waals surface area contributed by atoms with Crippen LogP contribution >= 0.6 is 0 Å². The van der Waals surface area contributed by atoms with E-state index in [0.717, 1.165) is 22.9 Å². The van der Waals surface area contributed by atoms with Gasteiger partial charge in [0.15, 0.2) is 6.10 Å². The zero-order valence-corrected chi connectivity index (χ0v) is 13.5. The molecule has 0 aliphatic rings. The predicted molar refractivity (Wildman–Crippen MR) is 91.1 cm³/mol. The highest BCUT2D eigenvalue weighted by Crippen LogP contribution is 2.30. The Kier molecular flexibility index (Phi) is 4.84. The Morgan fingerprint density at radius 1 is 0.962 bits per heavy atom. The minimum absolute atomic E-state index is 0.175. The number of aliphatic carboxylic acids is 1. The van der Waals surface area contributed by atoms with E-state index in [2.05, 4.69) is 0 Å². The van der Waals surface area contributed by atoms with Crippen molar-refractivity contribution in [2.24, 2.45) is 0 Å². The van der Waals surface area contributed by atoms with E-state index >= 15 is 0 Å². The first-order valence-electron chi connectivity index (χ1n) is 7.87. The number of carboxylic acids is 1. The lowest BCUT2D eigenvalue weighted by Gasteiger charge is -2.16. The molecule has 3 aromatic rings. The second kappa shape index (κ2) is 7.07. The van der Waals surface area contributed by atoms with Gasteiger partial charge < -0.3 is 9.84 Å². The van der Waals surface area contributed by atoms with Gasteiger partial charge in [-0.15, -0.1) is 0 Å². The number of ether oxygens (including phenoxy) is 1. The summed E-state index contributed by atoms with van der Waals surface area (Å²) in [6.45, 7) is 0. The first-order valence-corrected chi connectivity index (χ1v) is 7.87. The summed E-state index contributed by atoms with van der Waals surface area (Å²) in [6.07, 6.45) is -5.94. The molecule has 0 amide bonds. The van der Waals surface area contributed by atoms with Crippen molar-refractivity contribution < 1.29 is 27.8 Å². The molecule has 6 heteroatoms. The maximum Gasteiger partial charge on any atom is 0.416 e. The molecule has 0 radical (unpaired) electrons. The van der Waals surface area contributed by atoms with E-state index < -0.39 is 23.8 Å². The summed E-state index contributed by atoms with van der Waals surface area (Å²) >= 11 is 0. The lowest BCUT2D eigenvalue weighted by atomic mass is 10.0. The Labute approximate surface area is 147 Å². The van der Waals surface area contributed by atoms with Crippen LogP contribution in [0, 0.1) is 0 Å². The molecule has 3 rings (SSSR count). The van der Waals surface area contributed by atoms with Crippen LogP contribution in [-0.4, -0.2) is 17.2 Å². The molecular formula is C20H15F3O3. The highest BCUT2D eigenvalue weighted by Gasteiger charge is 2.31. The third-order valence-electron chi connectivity index (χ3n) is 3.95. The summed E-state index contributed by atoms with van der Waals surface area (Å²) in [5.74, 6) is -0.890. The molecular weight excluding hydrogens is 345 g/mol. The maximum absolute atomic E-state index is 12.8. The molecule has 0 heterocycles. The highest BCUT2D eigenvalue weighted by atomic mass is 19.4. The maximum atomic E-state index is 12.8. The summed E-state index contributed by atoms with van der Waals surface area (Å²) in [4.78, 5) is 11.5. The Hall–Kier alpha value is -3.02. The van der Waals surface area contributed by atoms with Crippen LogP contribution in [0.15, 0.2) is 66.7 Å². The lowest BCUT2D eigenvalue weighted by Crippen LogP contribution is -2.29. The van der Waals surface area contributed by atoms with Crippen LogP contribution in [0.25, 0.3) is 10.8 Å². The largest absolute Gasteiger partial charge is 0.478 e. The number of benzene rings is 3. The van der Waals surface area contributed by atoms with Crippen LogP contribution in [0.3, 0.4) is 0 Å². The van der Waals surface area contributed by atoms with Crippen molar-refractivity contribution in [1.82, 2.24) is 0 Å². The smallest absolute Gasteiger partial charge is 0.416 e. The number of rotatable bonds is 5. The van der Waals surface area contributed by atoms with Crippen LogP contribution in [0.4, 0.5) is 13.2 Å². The Balaban J connectivity index is 1.82. The second-order valence-corrected chi connectivity index (χ2v) is 5.86. The third-order valence-corrected chi connectivity index (χ3v) is 3.95. The van der Waals surface area contributed by atoms with Crippen molar-refractivity contribution in [3.63, 3.8) is 0 Å². The number of hydrogen-bond donors (Lipinski definition) is 1. The molecule has 3 aromatic carbocycles. The van der Waals surface area contributed by atoms with Gasteiger partial charge >= 0.3 is 12.1 Å². The number of halogens is 3. The van der Waals surface area contributed by atoms with E-state index in [1.54, 1.807) is 18.2 Å². The van der Waals surface area contributed by atoms with Gasteiger partial charge in [-0.25, -0.2) is 4.79 Å². The van der Waals surface area contributed by atoms with Gasteiger partial charge in [-0.1, -0.05) is 48.5 Å². The molecule has 1 atom stereocenters. The first kappa shape index (κ1) is 17.8. The lowest BCUT2D eigenvalue weighted by molar-refractivity contribution is -0.145. The van der Waals surface area contributed by atoms with Gasteiger partial charge in [0.25, 0.3) is 0 Å². The van der Waals surface area contributed by atoms with Crippen molar-refractivity contribution >= 4 is 16.7 Å². The molecule has 26 heavy (non-hydrogen) atoms. The quantitative estimate of drug-likeness (QED) is 0.701. The zero-order valence-electron chi connectivity index (χ0n) is 13.5. The first-order chi connectivity index (χ1) is 12.3. The normalized spacial score (nSPS) is 12.7. The number of fused-ring (bicyclic) bond motifs is 1. The van der Waals surface area contributed by atoms with Gasteiger partial charge in [-0.3, -0.25) is 0 Å². The Bertz CT molecular complexity index is 935. The van der Waals surface area contributed by atoms with Crippen molar-refractivity contribution in [3.8, 4) is 5.75 Å². The van der Waals surface area contributed by atoms with Gasteiger partial charge in [0.2, 0.25) is 0 Å². The van der Waals surface area contributed by atoms with Crippen LogP contribution < -0.4 is 4.74 Å². The van der Waals surface area contributed by atoms with Crippen LogP contribution in [0.2, 0.25) is 0 Å². The van der Waals surface area contributed by atoms with Gasteiger partial charge in [0, 0.05) is 6.42 Å². The summed E-state index contributed by atoms with van der Waals surface area (Å²) in [7, 11) is 0. The van der Waals surface area contributed by atoms with E-state index in [1.807, 2.05) is 24.3 Å². The summed E-state index contributed by atoms with van der Waals surface area (Å²) in [6, 6.07) is 17.3. The fourth-order valence-electron chi connectivity index (χ4n) is 2.67. The molecule has 134 valence electrons. The fraction of sp³-hybridized carbons (Fsp3) is 0.150. The van der Waals surface area contributed by atoms with Gasteiger partial charge in [-0.2, -0.15) is 13.2 Å². The third kappa shape index (κ3) is 4.14. The molecule has 3 nitrogen and oxygen atoms in total. The standard InChI is InChI=1S/C20H15F3O3/c21-20(22,23)16-7-3-4-13(10-16)11-18(19(24)25)26-17-9-8-14-5-1-2-6-15(14)12-17/h1-10,12,18H,11H2,(H,24,25). The second-order valence-electron chi connectivity index (χ2n) is 5.86. The van der Waals surface area contributed by atoms with E-state index in [-0.39, 0.29) is 12.0 Å². The van der Waals surface area contributed by atoms with Gasteiger partial charge in [0.1, 0.15) is 5.75 Å². The number of carbonyl (C=O) groups is 1. The molecule has 0 saturated heterocycles. The molecule has 1 unspecified atom stereocenters. The molecule has 0 aromatic heterocycles. The fourth-order valence-corrected chi connectivity index (χ4v) is 2.67. The number of hydrogen-bond acceptors (Lipinski definition) is 2. The average molecular weight is 360 g/mol. The van der Waals surface area contributed by atoms with E-state index in [9.17, 15) is 23.1 Å². The summed E-state index contributed by atoms with van der Waals surface area (Å²) < 4.78 is 44.0. The van der Waals surface area contributed by atoms with E-state index in [0.29, 0.717) is 5.75 Å². The number of carboxylic acid groups (broad SMARTS) is 1. The highest BCUT2D eigenvalue weighted by molar-refractivity contribution is 5.84. The molecule has 0 aliphatic carbocycles. The van der Waals surface area contributed by atoms with Crippen molar-refractivity contribution in [2.45, 2.75) is 18.7 Å². The molecule has 0 saturated carbocycles. The van der Waals surface area contributed by atoms with Crippen LogP contribution in [0.1, 0.15) is 11.1 Å². The van der Waals surface area contributed by atoms with Crippen molar-refractivity contribution in [1.29, 1.82) is 0 Å². The summed E-state index contributed by atoms with van der Waals surface area (Å²) in [5.41, 5.74) is -0.571. The van der Waals surface area contributed by atoms with Crippen molar-refractivity contribution in [3.05, 3.63) is 77.9 Å². The average Bonchev–Trinajstić information content (AvgIpc) is 2.60. The Morgan fingerprint density at radius 2 is 1.69 bits per heavy atom. The molecule has 0 bridgehead atoms. The topological polar surface area (TPSA) is 46.5 Å². The van der Waals surface area contributed by atoms with Crippen molar-refractivity contribution in [2.75, 3.05) is 0 Å². The summed E-state index contributed by atoms with van der Waals surface area (Å²) in [5, 5.41) is 11.3. The van der Waals surface area contributed by atoms with Gasteiger partial charge in [-0.05, 0) is 34.5 Å². The molecule has 0 aliphatic heterocycles. The number of alkyl halides is 3. The zero-order chi connectivity index (χ0) is 18.7. The molecule has 1 N–H and O–H groups in total. The van der Waals surface area contributed by atoms with Gasteiger partial charge in [0.05, 0.1) is 5.56 Å². The minimum atomic E-state index is -4.48. The SMILES string of the molecule is O=C(O)C(Cc1cccc(C(F)(F)F)c1)Oc1ccc2ccccc2c1. The van der Waals surface area contributed by atoms with Crippen LogP contribution in [0.5, 0.6) is 5.75 Å². The van der Waals surface area contributed by atoms with E-state index in [1.165, 1.54) is 12.1 Å². The van der Waals surface area contributed by atoms with Crippen LogP contribution in [-0.2, 0) is 17.4 Å². The monoisotopic (exact) mass is 360 g/mol. The Morgan fingerprint density at radius 3 is 2.38 bits per heavy atom. The minimum Gasteiger partial charge on any atom is -0.478 e.